The summed E-state index contributed by atoms with van der Waals surface area (Å²) in [7, 11) is 0. The van der Waals surface area contributed by atoms with Gasteiger partial charge in [-0.1, -0.05) is 176 Å². The summed E-state index contributed by atoms with van der Waals surface area (Å²) in [6.07, 6.45) is 0. The SMILES string of the molecule is c1ccc(-c2ccc(-c3ccc4c(c3)c3ccccc3n4-c3nc(-c4cccc(-c5ccccc5)c4)nc(-c4ccccc4-n4c5ccccc5c5ccccc54)n3)cc2)cc1. The summed E-state index contributed by atoms with van der Waals surface area (Å²) in [5, 5.41) is 4.66. The van der Waals surface area contributed by atoms with Crippen LogP contribution in [0.25, 0.3) is 111 Å². The van der Waals surface area contributed by atoms with Crippen molar-refractivity contribution in [1.82, 2.24) is 24.1 Å². The number of fused-ring (bicyclic) bond motifs is 6. The van der Waals surface area contributed by atoms with Crippen molar-refractivity contribution in [2.75, 3.05) is 0 Å². The largest absolute Gasteiger partial charge is 0.309 e. The van der Waals surface area contributed by atoms with Crippen molar-refractivity contribution in [1.29, 1.82) is 0 Å². The number of rotatable bonds is 7. The van der Waals surface area contributed by atoms with Crippen molar-refractivity contribution in [3.8, 4) is 67.8 Å². The van der Waals surface area contributed by atoms with Gasteiger partial charge >= 0.3 is 0 Å². The fourth-order valence-corrected chi connectivity index (χ4v) is 9.08. The molecule has 0 saturated carbocycles. The topological polar surface area (TPSA) is 48.5 Å². The molecular weight excluding hydrogens is 755 g/mol. The lowest BCUT2D eigenvalue weighted by atomic mass is 9.99. The van der Waals surface area contributed by atoms with E-state index in [1.807, 2.05) is 6.07 Å². The smallest absolute Gasteiger partial charge is 0.238 e. The summed E-state index contributed by atoms with van der Waals surface area (Å²) in [6, 6.07) is 79.2. The zero-order valence-corrected chi connectivity index (χ0v) is 33.6. The van der Waals surface area contributed by atoms with Gasteiger partial charge in [0.05, 0.1) is 27.8 Å². The minimum absolute atomic E-state index is 0.554. The van der Waals surface area contributed by atoms with Crippen molar-refractivity contribution < 1.29 is 0 Å². The zero-order chi connectivity index (χ0) is 41.0. The molecule has 5 nitrogen and oxygen atoms in total. The van der Waals surface area contributed by atoms with Gasteiger partial charge in [-0.2, -0.15) is 9.97 Å². The quantitative estimate of drug-likeness (QED) is 0.162. The highest BCUT2D eigenvalue weighted by atomic mass is 15.2. The average molecular weight is 792 g/mol. The second kappa shape index (κ2) is 14.7. The van der Waals surface area contributed by atoms with Gasteiger partial charge in [0.25, 0.3) is 0 Å². The molecule has 12 rings (SSSR count). The molecule has 62 heavy (non-hydrogen) atoms. The Morgan fingerprint density at radius 1 is 0.258 bits per heavy atom. The van der Waals surface area contributed by atoms with E-state index in [0.717, 1.165) is 71.9 Å². The normalized spacial score (nSPS) is 11.5. The van der Waals surface area contributed by atoms with E-state index in [-0.39, 0.29) is 0 Å². The highest BCUT2D eigenvalue weighted by Gasteiger charge is 2.21. The molecule has 0 saturated heterocycles. The van der Waals surface area contributed by atoms with Crippen LogP contribution in [0.5, 0.6) is 0 Å². The molecule has 0 bridgehead atoms. The Balaban J connectivity index is 1.08. The lowest BCUT2D eigenvalue weighted by Gasteiger charge is -2.15. The van der Waals surface area contributed by atoms with Crippen LogP contribution < -0.4 is 0 Å². The monoisotopic (exact) mass is 791 g/mol. The molecule has 5 heteroatoms. The van der Waals surface area contributed by atoms with Crippen LogP contribution in [0.1, 0.15) is 0 Å². The van der Waals surface area contributed by atoms with Gasteiger partial charge in [0.1, 0.15) is 0 Å². The maximum absolute atomic E-state index is 5.43. The molecule has 3 heterocycles. The molecule has 0 aliphatic heterocycles. The number of nitrogens with zero attached hydrogens (tertiary/aromatic N) is 5. The van der Waals surface area contributed by atoms with E-state index in [0.29, 0.717) is 17.6 Å². The second-order valence-electron chi connectivity index (χ2n) is 15.6. The minimum atomic E-state index is 0.554. The van der Waals surface area contributed by atoms with Crippen LogP contribution in [0.2, 0.25) is 0 Å². The third kappa shape index (κ3) is 5.98. The second-order valence-corrected chi connectivity index (χ2v) is 15.6. The summed E-state index contributed by atoms with van der Waals surface area (Å²) < 4.78 is 4.54. The van der Waals surface area contributed by atoms with Crippen molar-refractivity contribution in [3.63, 3.8) is 0 Å². The first-order chi connectivity index (χ1) is 30.7. The first-order valence-corrected chi connectivity index (χ1v) is 20.9. The van der Waals surface area contributed by atoms with E-state index in [9.17, 15) is 0 Å². The van der Waals surface area contributed by atoms with Gasteiger partial charge < -0.3 is 4.57 Å². The van der Waals surface area contributed by atoms with E-state index in [4.69, 9.17) is 15.0 Å². The lowest BCUT2D eigenvalue weighted by Crippen LogP contribution is -2.08. The van der Waals surface area contributed by atoms with E-state index >= 15 is 0 Å². The van der Waals surface area contributed by atoms with Crippen LogP contribution in [0, 0.1) is 0 Å². The Hall–Kier alpha value is -8.41. The van der Waals surface area contributed by atoms with Crippen molar-refractivity contribution in [2.45, 2.75) is 0 Å². The van der Waals surface area contributed by atoms with E-state index < -0.39 is 0 Å². The molecular formula is C57H37N5. The number of hydrogen-bond donors (Lipinski definition) is 0. The summed E-state index contributed by atoms with van der Waals surface area (Å²) >= 11 is 0. The van der Waals surface area contributed by atoms with Crippen molar-refractivity contribution in [3.05, 3.63) is 224 Å². The van der Waals surface area contributed by atoms with Gasteiger partial charge in [0, 0.05) is 32.7 Å². The van der Waals surface area contributed by atoms with Gasteiger partial charge in [0.15, 0.2) is 11.6 Å². The van der Waals surface area contributed by atoms with E-state index in [1.54, 1.807) is 0 Å². The number of benzene rings is 9. The first-order valence-electron chi connectivity index (χ1n) is 20.9. The van der Waals surface area contributed by atoms with Crippen LogP contribution in [0.15, 0.2) is 224 Å². The third-order valence-corrected chi connectivity index (χ3v) is 12.0. The average Bonchev–Trinajstić information content (AvgIpc) is 3.87. The van der Waals surface area contributed by atoms with Crippen molar-refractivity contribution in [2.24, 2.45) is 0 Å². The molecule has 0 aliphatic carbocycles. The van der Waals surface area contributed by atoms with Crippen LogP contribution in [0.3, 0.4) is 0 Å². The van der Waals surface area contributed by atoms with Gasteiger partial charge in [-0.05, 0) is 81.9 Å². The molecule has 0 atom stereocenters. The number of hydrogen-bond acceptors (Lipinski definition) is 3. The van der Waals surface area contributed by atoms with Gasteiger partial charge in [0.2, 0.25) is 5.95 Å². The first kappa shape index (κ1) is 35.5. The molecule has 0 N–H and O–H groups in total. The Morgan fingerprint density at radius 2 is 0.694 bits per heavy atom. The van der Waals surface area contributed by atoms with Crippen LogP contribution in [-0.4, -0.2) is 24.1 Å². The standard InChI is InChI=1S/C57H37N5/c1-3-16-38(17-4-1)40-30-32-41(33-31-40)43-34-35-54-49(37-43)47-24-9-13-28-52(47)62(54)57-59-55(44-21-15-20-42(36-44)39-18-5-2-6-19-39)58-56(60-57)48-25-10-14-29-53(48)61-50-26-11-7-22-45(50)46-23-8-12-27-51(46)61/h1-37H. The molecule has 0 spiro atoms. The highest BCUT2D eigenvalue weighted by molar-refractivity contribution is 6.11. The van der Waals surface area contributed by atoms with E-state index in [1.165, 1.54) is 21.9 Å². The van der Waals surface area contributed by atoms with E-state index in [2.05, 4.69) is 228 Å². The number of para-hydroxylation sites is 4. The zero-order valence-electron chi connectivity index (χ0n) is 33.6. The lowest BCUT2D eigenvalue weighted by molar-refractivity contribution is 0.952. The molecule has 3 aromatic heterocycles. The Labute approximate surface area is 358 Å². The summed E-state index contributed by atoms with van der Waals surface area (Å²) in [5.74, 6) is 1.74. The van der Waals surface area contributed by atoms with Crippen LogP contribution >= 0.6 is 0 Å². The fourth-order valence-electron chi connectivity index (χ4n) is 9.08. The van der Waals surface area contributed by atoms with Crippen LogP contribution in [0.4, 0.5) is 0 Å². The maximum atomic E-state index is 5.43. The molecule has 0 aliphatic rings. The highest BCUT2D eigenvalue weighted by Crippen LogP contribution is 2.38. The number of aromatic nitrogens is 5. The fraction of sp³-hybridized carbons (Fsp3) is 0. The molecule has 12 aromatic rings. The van der Waals surface area contributed by atoms with Crippen LogP contribution in [-0.2, 0) is 0 Å². The van der Waals surface area contributed by atoms with Gasteiger partial charge in [-0.15, -0.1) is 0 Å². The van der Waals surface area contributed by atoms with Gasteiger partial charge in [-0.25, -0.2) is 4.98 Å². The Morgan fingerprint density at radius 3 is 1.37 bits per heavy atom. The summed E-state index contributed by atoms with van der Waals surface area (Å²) in [4.78, 5) is 16.1. The molecule has 0 radical (unpaired) electrons. The molecule has 290 valence electrons. The summed E-state index contributed by atoms with van der Waals surface area (Å²) in [6.45, 7) is 0. The molecule has 0 fully saturated rings. The minimum Gasteiger partial charge on any atom is -0.309 e. The Kier molecular flexibility index (Phi) is 8.42. The predicted octanol–water partition coefficient (Wildman–Crippen LogP) is 14.4. The maximum Gasteiger partial charge on any atom is 0.238 e. The third-order valence-electron chi connectivity index (χ3n) is 12.0. The summed E-state index contributed by atoms with van der Waals surface area (Å²) in [5.41, 5.74) is 14.0. The predicted molar refractivity (Wildman–Crippen MR) is 256 cm³/mol. The molecule has 0 unspecified atom stereocenters. The van der Waals surface area contributed by atoms with Gasteiger partial charge in [-0.3, -0.25) is 4.57 Å². The molecule has 0 amide bonds. The molecule has 9 aromatic carbocycles. The van der Waals surface area contributed by atoms with Crippen molar-refractivity contribution >= 4 is 43.6 Å². The Bertz CT molecular complexity index is 3570.